The minimum atomic E-state index is -4.36. The summed E-state index contributed by atoms with van der Waals surface area (Å²) in [5.41, 5.74) is 0.784. The first-order chi connectivity index (χ1) is 10.9. The number of nitrogens with zero attached hydrogens (tertiary/aromatic N) is 1. The smallest absolute Gasteiger partial charge is 0.334 e. The minimum absolute atomic E-state index is 0.146. The minimum Gasteiger partial charge on any atom is -0.334 e. The van der Waals surface area contributed by atoms with E-state index in [4.69, 9.17) is 0 Å². The van der Waals surface area contributed by atoms with Gasteiger partial charge in [-0.05, 0) is 42.3 Å². The van der Waals surface area contributed by atoms with Crippen LogP contribution in [0.25, 0.3) is 0 Å². The normalized spacial score (nSPS) is 12.5. The van der Waals surface area contributed by atoms with Crippen LogP contribution in [-0.2, 0) is 12.7 Å². The van der Waals surface area contributed by atoms with E-state index in [0.29, 0.717) is 5.56 Å². The van der Waals surface area contributed by atoms with Crippen molar-refractivity contribution in [2.24, 2.45) is 0 Å². The van der Waals surface area contributed by atoms with Gasteiger partial charge in [0.1, 0.15) is 0 Å². The summed E-state index contributed by atoms with van der Waals surface area (Å²) in [5.74, 6) is 0. The van der Waals surface area contributed by atoms with Crippen LogP contribution >= 0.6 is 0 Å². The molecule has 1 atom stereocenters. The van der Waals surface area contributed by atoms with Crippen molar-refractivity contribution in [2.45, 2.75) is 25.7 Å². The molecule has 0 bridgehead atoms. The number of urea groups is 1. The number of carbonyl (C=O) groups is 1. The summed E-state index contributed by atoms with van der Waals surface area (Å²) in [6.07, 6.45) is -1.09. The maximum Gasteiger partial charge on any atom is 0.416 e. The van der Waals surface area contributed by atoms with Gasteiger partial charge in [-0.1, -0.05) is 12.1 Å². The number of rotatable bonds is 4. The quantitative estimate of drug-likeness (QED) is 0.902. The zero-order valence-corrected chi connectivity index (χ0v) is 12.4. The molecule has 0 spiro atoms. The Kier molecular flexibility index (Phi) is 5.20. The fourth-order valence-electron chi connectivity index (χ4n) is 1.98. The summed E-state index contributed by atoms with van der Waals surface area (Å²) < 4.78 is 37.4. The molecule has 0 aliphatic carbocycles. The molecule has 23 heavy (non-hydrogen) atoms. The maximum absolute atomic E-state index is 12.5. The SMILES string of the molecule is CC(NC(=O)NCc1ccc(C(F)(F)F)cc1)c1ccncc1. The zero-order valence-electron chi connectivity index (χ0n) is 12.4. The van der Waals surface area contributed by atoms with Gasteiger partial charge in [0.15, 0.2) is 0 Å². The van der Waals surface area contributed by atoms with Gasteiger partial charge in [-0.25, -0.2) is 4.79 Å². The van der Waals surface area contributed by atoms with Crippen LogP contribution in [0.2, 0.25) is 0 Å². The molecule has 0 aliphatic heterocycles. The lowest BCUT2D eigenvalue weighted by molar-refractivity contribution is -0.137. The Labute approximate surface area is 131 Å². The highest BCUT2D eigenvalue weighted by Gasteiger charge is 2.29. The van der Waals surface area contributed by atoms with Gasteiger partial charge in [0.2, 0.25) is 0 Å². The third-order valence-corrected chi connectivity index (χ3v) is 3.29. The number of amides is 2. The average molecular weight is 323 g/mol. The molecule has 0 saturated heterocycles. The molecular formula is C16H16F3N3O. The molecule has 122 valence electrons. The van der Waals surface area contributed by atoms with Gasteiger partial charge >= 0.3 is 12.2 Å². The third-order valence-electron chi connectivity index (χ3n) is 3.29. The lowest BCUT2D eigenvalue weighted by atomic mass is 10.1. The molecule has 2 amide bonds. The maximum atomic E-state index is 12.5. The number of aromatic nitrogens is 1. The van der Waals surface area contributed by atoms with Crippen LogP contribution in [0, 0.1) is 0 Å². The number of hydrogen-bond donors (Lipinski definition) is 2. The Balaban J connectivity index is 1.85. The van der Waals surface area contributed by atoms with Crippen LogP contribution in [0.5, 0.6) is 0 Å². The number of hydrogen-bond acceptors (Lipinski definition) is 2. The molecule has 1 aromatic carbocycles. The van der Waals surface area contributed by atoms with Crippen LogP contribution in [-0.4, -0.2) is 11.0 Å². The molecule has 1 unspecified atom stereocenters. The van der Waals surface area contributed by atoms with Crippen molar-refractivity contribution in [3.05, 3.63) is 65.5 Å². The fraction of sp³-hybridized carbons (Fsp3) is 0.250. The number of nitrogens with one attached hydrogen (secondary N) is 2. The summed E-state index contributed by atoms with van der Waals surface area (Å²) in [4.78, 5) is 15.7. The first-order valence-corrected chi connectivity index (χ1v) is 6.96. The number of alkyl halides is 3. The summed E-state index contributed by atoms with van der Waals surface area (Å²) in [5, 5.41) is 5.36. The van der Waals surface area contributed by atoms with E-state index in [0.717, 1.165) is 17.7 Å². The van der Waals surface area contributed by atoms with Gasteiger partial charge in [0.25, 0.3) is 0 Å². The monoisotopic (exact) mass is 323 g/mol. The summed E-state index contributed by atoms with van der Waals surface area (Å²) >= 11 is 0. The molecular weight excluding hydrogens is 307 g/mol. The average Bonchev–Trinajstić information content (AvgIpc) is 2.53. The summed E-state index contributed by atoms with van der Waals surface area (Å²) in [7, 11) is 0. The number of carbonyl (C=O) groups excluding carboxylic acids is 1. The Hall–Kier alpha value is -2.57. The molecule has 0 fully saturated rings. The van der Waals surface area contributed by atoms with Crippen molar-refractivity contribution in [1.82, 2.24) is 15.6 Å². The molecule has 1 heterocycles. The van der Waals surface area contributed by atoms with Gasteiger partial charge in [-0.3, -0.25) is 4.98 Å². The zero-order chi connectivity index (χ0) is 16.9. The van der Waals surface area contributed by atoms with Gasteiger partial charge in [-0.2, -0.15) is 13.2 Å². The fourth-order valence-corrected chi connectivity index (χ4v) is 1.98. The topological polar surface area (TPSA) is 54.0 Å². The van der Waals surface area contributed by atoms with Crippen molar-refractivity contribution < 1.29 is 18.0 Å². The van der Waals surface area contributed by atoms with Crippen molar-refractivity contribution in [3.8, 4) is 0 Å². The largest absolute Gasteiger partial charge is 0.416 e. The van der Waals surface area contributed by atoms with E-state index in [1.54, 1.807) is 24.5 Å². The van der Waals surface area contributed by atoms with E-state index in [-0.39, 0.29) is 12.6 Å². The number of halogens is 3. The van der Waals surface area contributed by atoms with Crippen molar-refractivity contribution in [2.75, 3.05) is 0 Å². The highest BCUT2D eigenvalue weighted by Crippen LogP contribution is 2.29. The number of benzene rings is 1. The van der Waals surface area contributed by atoms with Gasteiger partial charge in [-0.15, -0.1) is 0 Å². The molecule has 1 aromatic heterocycles. The molecule has 0 saturated carbocycles. The Bertz CT molecular complexity index is 642. The van der Waals surface area contributed by atoms with E-state index in [9.17, 15) is 18.0 Å². The standard InChI is InChI=1S/C16H16F3N3O/c1-11(13-6-8-20-9-7-13)22-15(23)21-10-12-2-4-14(5-3-12)16(17,18)19/h2-9,11H,10H2,1H3,(H2,21,22,23). The third kappa shape index (κ3) is 4.98. The van der Waals surface area contributed by atoms with Crippen LogP contribution in [0.1, 0.15) is 29.7 Å². The van der Waals surface area contributed by atoms with Crippen molar-refractivity contribution in [1.29, 1.82) is 0 Å². The molecule has 0 radical (unpaired) electrons. The van der Waals surface area contributed by atoms with Crippen LogP contribution < -0.4 is 10.6 Å². The Morgan fingerprint density at radius 3 is 2.30 bits per heavy atom. The van der Waals surface area contributed by atoms with Crippen molar-refractivity contribution in [3.63, 3.8) is 0 Å². The first-order valence-electron chi connectivity index (χ1n) is 6.96. The lowest BCUT2D eigenvalue weighted by Gasteiger charge is -2.15. The van der Waals surface area contributed by atoms with E-state index >= 15 is 0 Å². The lowest BCUT2D eigenvalue weighted by Crippen LogP contribution is -2.36. The van der Waals surface area contributed by atoms with E-state index in [1.807, 2.05) is 6.92 Å². The Morgan fingerprint density at radius 1 is 1.13 bits per heavy atom. The predicted octanol–water partition coefficient (Wildman–Crippen LogP) is 3.66. The predicted molar refractivity (Wildman–Crippen MR) is 79.5 cm³/mol. The highest BCUT2D eigenvalue weighted by atomic mass is 19.4. The molecule has 0 aliphatic rings. The van der Waals surface area contributed by atoms with Crippen LogP contribution in [0.3, 0.4) is 0 Å². The van der Waals surface area contributed by atoms with Crippen molar-refractivity contribution >= 4 is 6.03 Å². The van der Waals surface area contributed by atoms with E-state index < -0.39 is 17.8 Å². The molecule has 7 heteroatoms. The molecule has 2 rings (SSSR count). The van der Waals surface area contributed by atoms with Gasteiger partial charge < -0.3 is 10.6 Å². The second-order valence-corrected chi connectivity index (χ2v) is 5.02. The summed E-state index contributed by atoms with van der Waals surface area (Å²) in [6.45, 7) is 1.97. The molecule has 4 nitrogen and oxygen atoms in total. The highest BCUT2D eigenvalue weighted by molar-refractivity contribution is 5.74. The Morgan fingerprint density at radius 2 is 1.74 bits per heavy atom. The molecule has 2 aromatic rings. The van der Waals surface area contributed by atoms with Crippen LogP contribution in [0.4, 0.5) is 18.0 Å². The number of pyridine rings is 1. The van der Waals surface area contributed by atoms with Crippen LogP contribution in [0.15, 0.2) is 48.8 Å². The van der Waals surface area contributed by atoms with Gasteiger partial charge in [0, 0.05) is 18.9 Å². The van der Waals surface area contributed by atoms with E-state index in [1.165, 1.54) is 12.1 Å². The van der Waals surface area contributed by atoms with E-state index in [2.05, 4.69) is 15.6 Å². The molecule has 2 N–H and O–H groups in total. The van der Waals surface area contributed by atoms with Gasteiger partial charge in [0.05, 0.1) is 11.6 Å². The first kappa shape index (κ1) is 16.8. The second-order valence-electron chi connectivity index (χ2n) is 5.02. The second kappa shape index (κ2) is 7.13. The summed E-state index contributed by atoms with van der Waals surface area (Å²) in [6, 6.07) is 7.66.